The van der Waals surface area contributed by atoms with Crippen LogP contribution in [0.2, 0.25) is 5.02 Å². The molecule has 2 aromatic rings. The van der Waals surface area contributed by atoms with Crippen LogP contribution in [0.3, 0.4) is 0 Å². The molecule has 1 heterocycles. The lowest BCUT2D eigenvalue weighted by Gasteiger charge is -2.14. The SMILES string of the molecule is COCC(C)Nc1cc(-c2ccc(Cl)cc2)nn1CCO. The number of halogens is 1. The van der Waals surface area contributed by atoms with Crippen LogP contribution in [0.4, 0.5) is 5.82 Å². The topological polar surface area (TPSA) is 59.3 Å². The van der Waals surface area contributed by atoms with Crippen LogP contribution in [0.15, 0.2) is 30.3 Å². The van der Waals surface area contributed by atoms with Crippen molar-refractivity contribution in [1.29, 1.82) is 0 Å². The monoisotopic (exact) mass is 309 g/mol. The number of methoxy groups -OCH3 is 1. The molecule has 114 valence electrons. The van der Waals surface area contributed by atoms with Gasteiger partial charge in [0.05, 0.1) is 25.5 Å². The smallest absolute Gasteiger partial charge is 0.125 e. The summed E-state index contributed by atoms with van der Waals surface area (Å²) in [7, 11) is 1.67. The summed E-state index contributed by atoms with van der Waals surface area (Å²) in [5.74, 6) is 0.860. The third-order valence-electron chi connectivity index (χ3n) is 3.04. The lowest BCUT2D eigenvalue weighted by atomic mass is 10.1. The Balaban J connectivity index is 2.25. The fourth-order valence-corrected chi connectivity index (χ4v) is 2.23. The molecule has 0 aliphatic carbocycles. The quantitative estimate of drug-likeness (QED) is 0.825. The average molecular weight is 310 g/mol. The maximum atomic E-state index is 9.17. The van der Waals surface area contributed by atoms with Crippen LogP contribution in [0, 0.1) is 0 Å². The fraction of sp³-hybridized carbons (Fsp3) is 0.400. The minimum atomic E-state index is 0.0368. The number of hydrogen-bond acceptors (Lipinski definition) is 4. The van der Waals surface area contributed by atoms with Crippen molar-refractivity contribution in [3.63, 3.8) is 0 Å². The highest BCUT2D eigenvalue weighted by Gasteiger charge is 2.11. The lowest BCUT2D eigenvalue weighted by Crippen LogP contribution is -2.23. The summed E-state index contributed by atoms with van der Waals surface area (Å²) in [6.07, 6.45) is 0. The summed E-state index contributed by atoms with van der Waals surface area (Å²) in [6.45, 7) is 3.10. The highest BCUT2D eigenvalue weighted by molar-refractivity contribution is 6.30. The second-order valence-corrected chi connectivity index (χ2v) is 5.31. The number of benzene rings is 1. The van der Waals surface area contributed by atoms with E-state index in [4.69, 9.17) is 21.4 Å². The van der Waals surface area contributed by atoms with Gasteiger partial charge < -0.3 is 15.2 Å². The standard InChI is InChI=1S/C15H20ClN3O2/c1-11(10-21-2)17-15-9-14(18-19(15)7-8-20)12-3-5-13(16)6-4-12/h3-6,9,11,17,20H,7-8,10H2,1-2H3. The molecule has 0 fully saturated rings. The van der Waals surface area contributed by atoms with Gasteiger partial charge in [0.2, 0.25) is 0 Å². The molecule has 21 heavy (non-hydrogen) atoms. The summed E-state index contributed by atoms with van der Waals surface area (Å²) in [5, 5.41) is 17.7. The Kier molecular flexibility index (Phi) is 5.61. The normalized spacial score (nSPS) is 12.4. The first kappa shape index (κ1) is 15.8. The molecule has 0 radical (unpaired) electrons. The Morgan fingerprint density at radius 2 is 2.10 bits per heavy atom. The van der Waals surface area contributed by atoms with Crippen molar-refractivity contribution in [1.82, 2.24) is 9.78 Å². The number of ether oxygens (including phenoxy) is 1. The van der Waals surface area contributed by atoms with Gasteiger partial charge in [0.1, 0.15) is 5.82 Å². The largest absolute Gasteiger partial charge is 0.394 e. The van der Waals surface area contributed by atoms with E-state index in [-0.39, 0.29) is 12.6 Å². The first-order valence-corrected chi connectivity index (χ1v) is 7.22. The lowest BCUT2D eigenvalue weighted by molar-refractivity contribution is 0.190. The predicted molar refractivity (Wildman–Crippen MR) is 84.7 cm³/mol. The van der Waals surface area contributed by atoms with Gasteiger partial charge in [-0.1, -0.05) is 23.7 Å². The molecule has 1 unspecified atom stereocenters. The van der Waals surface area contributed by atoms with E-state index >= 15 is 0 Å². The van der Waals surface area contributed by atoms with Crippen molar-refractivity contribution in [3.8, 4) is 11.3 Å². The summed E-state index contributed by atoms with van der Waals surface area (Å²) in [6, 6.07) is 9.64. The van der Waals surface area contributed by atoms with Crippen molar-refractivity contribution in [2.45, 2.75) is 19.5 Å². The second kappa shape index (κ2) is 7.45. The molecule has 0 bridgehead atoms. The number of aliphatic hydroxyl groups excluding tert-OH is 1. The van der Waals surface area contributed by atoms with Gasteiger partial charge >= 0.3 is 0 Å². The Morgan fingerprint density at radius 1 is 1.38 bits per heavy atom. The number of nitrogens with one attached hydrogen (secondary N) is 1. The molecule has 0 saturated heterocycles. The zero-order valence-electron chi connectivity index (χ0n) is 12.2. The zero-order valence-corrected chi connectivity index (χ0v) is 13.0. The minimum absolute atomic E-state index is 0.0368. The van der Waals surface area contributed by atoms with Gasteiger partial charge in [-0.15, -0.1) is 0 Å². The molecule has 2 N–H and O–H groups in total. The third-order valence-corrected chi connectivity index (χ3v) is 3.29. The van der Waals surface area contributed by atoms with E-state index in [9.17, 15) is 0 Å². The van der Waals surface area contributed by atoms with Crippen molar-refractivity contribution in [2.24, 2.45) is 0 Å². The van der Waals surface area contributed by atoms with Gasteiger partial charge in [-0.3, -0.25) is 0 Å². The third kappa shape index (κ3) is 4.20. The molecule has 0 spiro atoms. The minimum Gasteiger partial charge on any atom is -0.394 e. The first-order valence-electron chi connectivity index (χ1n) is 6.84. The molecule has 1 aromatic carbocycles. The first-order chi connectivity index (χ1) is 10.1. The number of hydrogen-bond donors (Lipinski definition) is 2. The summed E-state index contributed by atoms with van der Waals surface area (Å²) >= 11 is 5.90. The zero-order chi connectivity index (χ0) is 15.2. The van der Waals surface area contributed by atoms with Crippen LogP contribution < -0.4 is 5.32 Å². The molecule has 1 atom stereocenters. The molecule has 0 aliphatic rings. The van der Waals surface area contributed by atoms with Gasteiger partial charge in [-0.05, 0) is 19.1 Å². The second-order valence-electron chi connectivity index (χ2n) is 4.87. The van der Waals surface area contributed by atoms with Crippen molar-refractivity contribution in [3.05, 3.63) is 35.4 Å². The van der Waals surface area contributed by atoms with Crippen molar-refractivity contribution in [2.75, 3.05) is 25.6 Å². The Morgan fingerprint density at radius 3 is 2.71 bits per heavy atom. The highest BCUT2D eigenvalue weighted by Crippen LogP contribution is 2.24. The molecular weight excluding hydrogens is 290 g/mol. The highest BCUT2D eigenvalue weighted by atomic mass is 35.5. The Labute approximate surface area is 129 Å². The van der Waals surface area contributed by atoms with Gasteiger partial charge in [0, 0.05) is 29.8 Å². The van der Waals surface area contributed by atoms with Gasteiger partial charge in [0.25, 0.3) is 0 Å². The maximum Gasteiger partial charge on any atom is 0.125 e. The van der Waals surface area contributed by atoms with Gasteiger partial charge in [-0.2, -0.15) is 5.10 Å². The summed E-state index contributed by atoms with van der Waals surface area (Å²) in [4.78, 5) is 0. The maximum absolute atomic E-state index is 9.17. The van der Waals surface area contributed by atoms with E-state index < -0.39 is 0 Å². The fourth-order valence-electron chi connectivity index (χ4n) is 2.10. The molecule has 5 nitrogen and oxygen atoms in total. The van der Waals surface area contributed by atoms with Crippen LogP contribution in [0.25, 0.3) is 11.3 Å². The number of anilines is 1. The van der Waals surface area contributed by atoms with E-state index in [0.29, 0.717) is 18.2 Å². The van der Waals surface area contributed by atoms with Crippen LogP contribution in [0.5, 0.6) is 0 Å². The number of rotatable bonds is 7. The van der Waals surface area contributed by atoms with Crippen LogP contribution >= 0.6 is 11.6 Å². The molecule has 6 heteroatoms. The van der Waals surface area contributed by atoms with E-state index in [0.717, 1.165) is 17.1 Å². The molecule has 1 aromatic heterocycles. The van der Waals surface area contributed by atoms with Crippen LogP contribution in [0.1, 0.15) is 6.92 Å². The molecule has 0 amide bonds. The van der Waals surface area contributed by atoms with E-state index in [1.54, 1.807) is 11.8 Å². The Hall–Kier alpha value is -1.56. The van der Waals surface area contributed by atoms with Crippen LogP contribution in [-0.2, 0) is 11.3 Å². The average Bonchev–Trinajstić information content (AvgIpc) is 2.83. The van der Waals surface area contributed by atoms with Crippen molar-refractivity contribution < 1.29 is 9.84 Å². The summed E-state index contributed by atoms with van der Waals surface area (Å²) < 4.78 is 6.88. The number of aromatic nitrogens is 2. The van der Waals surface area contributed by atoms with Crippen molar-refractivity contribution >= 4 is 17.4 Å². The molecule has 0 saturated carbocycles. The van der Waals surface area contributed by atoms with Gasteiger partial charge in [-0.25, -0.2) is 4.68 Å². The number of aliphatic hydroxyl groups is 1. The van der Waals surface area contributed by atoms with E-state index in [1.165, 1.54) is 0 Å². The van der Waals surface area contributed by atoms with Gasteiger partial charge in [0.15, 0.2) is 0 Å². The van der Waals surface area contributed by atoms with E-state index in [2.05, 4.69) is 10.4 Å². The molecule has 2 rings (SSSR count). The molecule has 0 aliphatic heterocycles. The predicted octanol–water partition coefficient (Wildman–Crippen LogP) is 2.64. The molecular formula is C15H20ClN3O2. The van der Waals surface area contributed by atoms with E-state index in [1.807, 2.05) is 37.3 Å². The number of nitrogens with zero attached hydrogens (tertiary/aromatic N) is 2. The Bertz CT molecular complexity index is 569. The van der Waals surface area contributed by atoms with Crippen LogP contribution in [-0.4, -0.2) is 41.3 Å². The summed E-state index contributed by atoms with van der Waals surface area (Å²) in [5.41, 5.74) is 1.82.